The van der Waals surface area contributed by atoms with Gasteiger partial charge in [-0.25, -0.2) is 9.97 Å². The fraction of sp³-hybridized carbons (Fsp3) is 0.714. The molecule has 1 fully saturated rings. The molecule has 0 saturated heterocycles. The molecule has 0 aliphatic heterocycles. The van der Waals surface area contributed by atoms with Gasteiger partial charge in [-0.05, 0) is 68.9 Å². The predicted molar refractivity (Wildman–Crippen MR) is 81.6 cm³/mol. The Kier molecular flexibility index (Phi) is 4.48. The summed E-state index contributed by atoms with van der Waals surface area (Å²) in [7, 11) is 0. The monoisotopic (exact) mass is 374 g/mol. The Morgan fingerprint density at radius 1 is 1.00 bits per heavy atom. The first-order chi connectivity index (χ1) is 8.36. The number of halogens is 2. The van der Waals surface area contributed by atoms with E-state index in [9.17, 15) is 0 Å². The lowest BCUT2D eigenvalue weighted by molar-refractivity contribution is 0.167. The fourth-order valence-corrected chi connectivity index (χ4v) is 3.91. The van der Waals surface area contributed by atoms with Gasteiger partial charge in [0, 0.05) is 12.0 Å². The van der Waals surface area contributed by atoms with E-state index >= 15 is 0 Å². The van der Waals surface area contributed by atoms with E-state index in [2.05, 4.69) is 62.6 Å². The van der Waals surface area contributed by atoms with Crippen molar-refractivity contribution in [2.45, 2.75) is 52.4 Å². The van der Waals surface area contributed by atoms with Gasteiger partial charge in [0.15, 0.2) is 0 Å². The molecule has 0 amide bonds. The molecular formula is C14H20Br2N2. The third kappa shape index (κ3) is 3.53. The van der Waals surface area contributed by atoms with Crippen LogP contribution >= 0.6 is 31.9 Å². The third-order valence-electron chi connectivity index (χ3n) is 4.00. The normalized spacial score (nSPS) is 25.2. The average Bonchev–Trinajstić information content (AvgIpc) is 2.27. The molecule has 18 heavy (non-hydrogen) atoms. The van der Waals surface area contributed by atoms with Crippen LogP contribution in [0, 0.1) is 11.3 Å². The lowest BCUT2D eigenvalue weighted by Crippen LogP contribution is -2.25. The van der Waals surface area contributed by atoms with Crippen LogP contribution in [0.15, 0.2) is 15.3 Å². The summed E-state index contributed by atoms with van der Waals surface area (Å²) in [5.74, 6) is 2.35. The second-order valence-electron chi connectivity index (χ2n) is 6.29. The minimum Gasteiger partial charge on any atom is -0.226 e. The fourth-order valence-electron chi connectivity index (χ4n) is 2.81. The van der Waals surface area contributed by atoms with Gasteiger partial charge in [-0.2, -0.15) is 0 Å². The molecule has 0 aromatic carbocycles. The van der Waals surface area contributed by atoms with Gasteiger partial charge in [-0.15, -0.1) is 0 Å². The van der Waals surface area contributed by atoms with Crippen molar-refractivity contribution in [1.82, 2.24) is 9.97 Å². The quantitative estimate of drug-likeness (QED) is 0.620. The molecule has 0 atom stereocenters. The maximum Gasteiger partial charge on any atom is 0.134 e. The molecule has 2 rings (SSSR count). The van der Waals surface area contributed by atoms with Crippen molar-refractivity contribution in [1.29, 1.82) is 0 Å². The molecule has 0 radical (unpaired) electrons. The summed E-state index contributed by atoms with van der Waals surface area (Å²) in [6.07, 6.45) is 5.01. The van der Waals surface area contributed by atoms with Crippen molar-refractivity contribution in [3.05, 3.63) is 21.1 Å². The van der Waals surface area contributed by atoms with Crippen LogP contribution in [0.5, 0.6) is 0 Å². The zero-order valence-corrected chi connectivity index (χ0v) is 14.4. The molecule has 0 bridgehead atoms. The van der Waals surface area contributed by atoms with Crippen LogP contribution in [0.4, 0.5) is 0 Å². The smallest absolute Gasteiger partial charge is 0.134 e. The van der Waals surface area contributed by atoms with E-state index in [0.29, 0.717) is 11.3 Å². The summed E-state index contributed by atoms with van der Waals surface area (Å²) in [5.41, 5.74) is 0.434. The van der Waals surface area contributed by atoms with Crippen LogP contribution in [0.1, 0.15) is 58.2 Å². The van der Waals surface area contributed by atoms with Crippen molar-refractivity contribution in [2.24, 2.45) is 11.3 Å². The predicted octanol–water partition coefficient (Wildman–Crippen LogP) is 5.32. The summed E-state index contributed by atoms with van der Waals surface area (Å²) >= 11 is 6.88. The highest BCUT2D eigenvalue weighted by atomic mass is 79.9. The Balaban J connectivity index is 2.05. The van der Waals surface area contributed by atoms with E-state index in [1.165, 1.54) is 25.7 Å². The molecule has 2 nitrogen and oxygen atoms in total. The Morgan fingerprint density at radius 2 is 1.50 bits per heavy atom. The highest BCUT2D eigenvalue weighted by Crippen LogP contribution is 2.42. The number of aromatic nitrogens is 2. The number of rotatable bonds is 1. The average molecular weight is 376 g/mol. The highest BCUT2D eigenvalue weighted by molar-refractivity contribution is 9.11. The topological polar surface area (TPSA) is 25.8 Å². The lowest BCUT2D eigenvalue weighted by Gasteiger charge is -2.36. The van der Waals surface area contributed by atoms with Gasteiger partial charge in [0.1, 0.15) is 15.0 Å². The summed E-state index contributed by atoms with van der Waals surface area (Å²) < 4.78 is 1.75. The SMILES string of the molecule is CC(C)(C)C1CCC(c2nc(Br)cc(Br)n2)CC1. The minimum absolute atomic E-state index is 0.434. The maximum atomic E-state index is 4.52. The van der Waals surface area contributed by atoms with E-state index in [1.54, 1.807) is 0 Å². The first-order valence-corrected chi connectivity index (χ1v) is 8.15. The molecule has 1 heterocycles. The summed E-state index contributed by atoms with van der Waals surface area (Å²) in [5, 5.41) is 0. The second kappa shape index (κ2) is 5.58. The van der Waals surface area contributed by atoms with Gasteiger partial charge < -0.3 is 0 Å². The zero-order chi connectivity index (χ0) is 13.3. The molecule has 1 aliphatic rings. The van der Waals surface area contributed by atoms with Crippen LogP contribution < -0.4 is 0 Å². The zero-order valence-electron chi connectivity index (χ0n) is 11.2. The van der Waals surface area contributed by atoms with E-state index in [0.717, 1.165) is 20.9 Å². The second-order valence-corrected chi connectivity index (χ2v) is 7.91. The molecule has 1 saturated carbocycles. The van der Waals surface area contributed by atoms with E-state index in [1.807, 2.05) is 6.07 Å². The maximum absolute atomic E-state index is 4.52. The molecule has 100 valence electrons. The standard InChI is InChI=1S/C14H20Br2N2/c1-14(2,3)10-6-4-9(5-7-10)13-17-11(15)8-12(16)18-13/h8-10H,4-7H2,1-3H3. The van der Waals surface area contributed by atoms with Gasteiger partial charge in [-0.3, -0.25) is 0 Å². The largest absolute Gasteiger partial charge is 0.226 e. The van der Waals surface area contributed by atoms with Crippen molar-refractivity contribution in [2.75, 3.05) is 0 Å². The molecule has 0 spiro atoms. The first-order valence-electron chi connectivity index (χ1n) is 6.56. The molecular weight excluding hydrogens is 356 g/mol. The third-order valence-corrected chi connectivity index (χ3v) is 4.81. The summed E-state index contributed by atoms with van der Waals surface area (Å²) in [4.78, 5) is 9.04. The molecule has 4 heteroatoms. The summed E-state index contributed by atoms with van der Waals surface area (Å²) in [6.45, 7) is 7.05. The van der Waals surface area contributed by atoms with Gasteiger partial charge in [-0.1, -0.05) is 20.8 Å². The Hall–Kier alpha value is 0.0400. The van der Waals surface area contributed by atoms with E-state index in [-0.39, 0.29) is 0 Å². The number of hydrogen-bond acceptors (Lipinski definition) is 2. The van der Waals surface area contributed by atoms with Crippen molar-refractivity contribution >= 4 is 31.9 Å². The van der Waals surface area contributed by atoms with Crippen molar-refractivity contribution in [3.8, 4) is 0 Å². The van der Waals surface area contributed by atoms with Crippen molar-refractivity contribution < 1.29 is 0 Å². The lowest BCUT2D eigenvalue weighted by atomic mass is 9.70. The molecule has 0 N–H and O–H groups in total. The van der Waals surface area contributed by atoms with E-state index in [4.69, 9.17) is 0 Å². The van der Waals surface area contributed by atoms with Crippen LogP contribution in [0.3, 0.4) is 0 Å². The van der Waals surface area contributed by atoms with Crippen LogP contribution in [0.2, 0.25) is 0 Å². The van der Waals surface area contributed by atoms with E-state index < -0.39 is 0 Å². The molecule has 0 unspecified atom stereocenters. The number of hydrogen-bond donors (Lipinski definition) is 0. The highest BCUT2D eigenvalue weighted by Gasteiger charge is 2.31. The van der Waals surface area contributed by atoms with Crippen LogP contribution in [-0.4, -0.2) is 9.97 Å². The van der Waals surface area contributed by atoms with Gasteiger partial charge in [0.2, 0.25) is 0 Å². The van der Waals surface area contributed by atoms with Crippen LogP contribution in [-0.2, 0) is 0 Å². The van der Waals surface area contributed by atoms with Crippen molar-refractivity contribution in [3.63, 3.8) is 0 Å². The van der Waals surface area contributed by atoms with Gasteiger partial charge >= 0.3 is 0 Å². The number of nitrogens with zero attached hydrogens (tertiary/aromatic N) is 2. The Labute approximate surface area is 126 Å². The van der Waals surface area contributed by atoms with Crippen LogP contribution in [0.25, 0.3) is 0 Å². The Bertz CT molecular complexity index is 398. The minimum atomic E-state index is 0.434. The Morgan fingerprint density at radius 3 is 1.94 bits per heavy atom. The van der Waals surface area contributed by atoms with Gasteiger partial charge in [0.25, 0.3) is 0 Å². The van der Waals surface area contributed by atoms with Gasteiger partial charge in [0.05, 0.1) is 0 Å². The summed E-state index contributed by atoms with van der Waals surface area (Å²) in [6, 6.07) is 1.89. The first kappa shape index (κ1) is 14.4. The molecule has 1 aromatic rings. The molecule has 1 aliphatic carbocycles. The molecule has 1 aromatic heterocycles.